The van der Waals surface area contributed by atoms with Gasteiger partial charge >= 0.3 is 0 Å². The van der Waals surface area contributed by atoms with Gasteiger partial charge < -0.3 is 10.6 Å². The molecule has 3 rings (SSSR count). The van der Waals surface area contributed by atoms with Crippen LogP contribution in [-0.4, -0.2) is 48.4 Å². The van der Waals surface area contributed by atoms with Crippen molar-refractivity contribution in [1.29, 1.82) is 0 Å². The lowest BCUT2D eigenvalue weighted by Gasteiger charge is -2.46. The average Bonchev–Trinajstić information content (AvgIpc) is 2.65. The van der Waals surface area contributed by atoms with E-state index in [1.807, 2.05) is 0 Å². The van der Waals surface area contributed by atoms with E-state index in [0.717, 1.165) is 32.4 Å². The molecule has 1 aliphatic carbocycles. The molecule has 1 aromatic rings. The molecule has 2 atom stereocenters. The summed E-state index contributed by atoms with van der Waals surface area (Å²) in [6.45, 7) is 6.96. The maximum Gasteiger partial charge on any atom is 0.251 e. The third kappa shape index (κ3) is 5.23. The predicted octanol–water partition coefficient (Wildman–Crippen LogP) is 3.23. The Balaban J connectivity index is 1.38. The Morgan fingerprint density at radius 2 is 1.96 bits per heavy atom. The van der Waals surface area contributed by atoms with Gasteiger partial charge in [-0.2, -0.15) is 0 Å². The van der Waals surface area contributed by atoms with Crippen molar-refractivity contribution in [3.8, 4) is 0 Å². The Kier molecular flexibility index (Phi) is 6.61. The van der Waals surface area contributed by atoms with Crippen LogP contribution in [0.25, 0.3) is 0 Å². The van der Waals surface area contributed by atoms with Gasteiger partial charge in [0.1, 0.15) is 5.82 Å². The highest BCUT2D eigenvalue weighted by molar-refractivity contribution is 6.31. The first-order chi connectivity index (χ1) is 13.2. The molecule has 0 radical (unpaired) electrons. The summed E-state index contributed by atoms with van der Waals surface area (Å²) in [5.74, 6) is 0.166. The Morgan fingerprint density at radius 3 is 2.54 bits per heavy atom. The Labute approximate surface area is 171 Å². The van der Waals surface area contributed by atoms with Gasteiger partial charge in [0.05, 0.1) is 6.54 Å². The van der Waals surface area contributed by atoms with Crippen molar-refractivity contribution in [2.24, 2.45) is 11.8 Å². The van der Waals surface area contributed by atoms with Crippen molar-refractivity contribution < 1.29 is 14.0 Å². The number of amides is 2. The summed E-state index contributed by atoms with van der Waals surface area (Å²) in [5.41, 5.74) is 0.192. The number of carbonyl (C=O) groups excluding carboxylic acids is 2. The molecule has 1 aromatic carbocycles. The maximum absolute atomic E-state index is 13.4. The third-order valence-corrected chi connectivity index (χ3v) is 6.58. The number of likely N-dealkylation sites (tertiary alicyclic amines) is 1. The average molecular weight is 410 g/mol. The first-order valence-electron chi connectivity index (χ1n) is 10.0. The van der Waals surface area contributed by atoms with Crippen LogP contribution in [0.3, 0.4) is 0 Å². The van der Waals surface area contributed by atoms with E-state index < -0.39 is 5.82 Å². The molecule has 1 aliphatic heterocycles. The van der Waals surface area contributed by atoms with Crippen LogP contribution < -0.4 is 10.6 Å². The third-order valence-electron chi connectivity index (χ3n) is 6.36. The molecule has 5 nitrogen and oxygen atoms in total. The Hall–Kier alpha value is -1.66. The molecule has 2 unspecified atom stereocenters. The van der Waals surface area contributed by atoms with Crippen molar-refractivity contribution in [3.05, 3.63) is 34.6 Å². The van der Waals surface area contributed by atoms with Crippen LogP contribution in [0.1, 0.15) is 49.9 Å². The lowest BCUT2D eigenvalue weighted by molar-refractivity contribution is -0.126. The summed E-state index contributed by atoms with van der Waals surface area (Å²) in [7, 11) is 0. The highest BCUT2D eigenvalue weighted by Crippen LogP contribution is 2.37. The molecular formula is C21H29ClFN3O2. The van der Waals surface area contributed by atoms with Crippen LogP contribution in [0.5, 0.6) is 0 Å². The molecule has 7 heteroatoms. The standard InChI is InChI=1S/C21H29ClFN3O2/c1-14-3-6-21(14,2)25-19(27)13-26-7-4-15(5-8-26)12-24-20(28)16-9-17(22)11-18(23)10-16/h9-11,14-15H,3-8,12-13H2,1-2H3,(H,24,28)(H,25,27). The summed E-state index contributed by atoms with van der Waals surface area (Å²) in [5, 5.41) is 6.27. The topological polar surface area (TPSA) is 61.4 Å². The molecule has 2 amide bonds. The van der Waals surface area contributed by atoms with Crippen molar-refractivity contribution in [1.82, 2.24) is 15.5 Å². The van der Waals surface area contributed by atoms with E-state index in [-0.39, 0.29) is 27.9 Å². The van der Waals surface area contributed by atoms with Crippen LogP contribution in [0.4, 0.5) is 4.39 Å². The zero-order valence-electron chi connectivity index (χ0n) is 16.6. The Bertz CT molecular complexity index is 716. The van der Waals surface area contributed by atoms with Crippen molar-refractivity contribution >= 4 is 23.4 Å². The van der Waals surface area contributed by atoms with Gasteiger partial charge in [0.15, 0.2) is 0 Å². The van der Waals surface area contributed by atoms with E-state index in [0.29, 0.717) is 24.9 Å². The summed E-state index contributed by atoms with van der Waals surface area (Å²) in [6, 6.07) is 3.83. The molecule has 1 saturated heterocycles. The first kappa shape index (κ1) is 21.1. The van der Waals surface area contributed by atoms with Gasteiger partial charge in [0, 0.05) is 22.7 Å². The second-order valence-electron chi connectivity index (χ2n) is 8.49. The smallest absolute Gasteiger partial charge is 0.251 e. The lowest BCUT2D eigenvalue weighted by Crippen LogP contribution is -2.58. The lowest BCUT2D eigenvalue weighted by atomic mass is 9.69. The van der Waals surface area contributed by atoms with Gasteiger partial charge in [-0.25, -0.2) is 4.39 Å². The van der Waals surface area contributed by atoms with Gasteiger partial charge in [-0.1, -0.05) is 18.5 Å². The summed E-state index contributed by atoms with van der Waals surface area (Å²) in [6.07, 6.45) is 4.07. The molecule has 2 N–H and O–H groups in total. The minimum absolute atomic E-state index is 0.0422. The second-order valence-corrected chi connectivity index (χ2v) is 8.93. The molecule has 28 heavy (non-hydrogen) atoms. The fourth-order valence-electron chi connectivity index (χ4n) is 3.99. The minimum Gasteiger partial charge on any atom is -0.352 e. The van der Waals surface area contributed by atoms with Gasteiger partial charge in [0.2, 0.25) is 5.91 Å². The van der Waals surface area contributed by atoms with E-state index >= 15 is 0 Å². The minimum atomic E-state index is -0.519. The van der Waals surface area contributed by atoms with E-state index in [1.165, 1.54) is 24.6 Å². The van der Waals surface area contributed by atoms with Crippen LogP contribution >= 0.6 is 11.6 Å². The van der Waals surface area contributed by atoms with Gasteiger partial charge in [0.25, 0.3) is 5.91 Å². The maximum atomic E-state index is 13.4. The number of halogens is 2. The highest BCUT2D eigenvalue weighted by atomic mass is 35.5. The number of hydrogen-bond acceptors (Lipinski definition) is 3. The number of carbonyl (C=O) groups is 2. The summed E-state index contributed by atoms with van der Waals surface area (Å²) < 4.78 is 13.4. The van der Waals surface area contributed by atoms with Crippen molar-refractivity contribution in [2.45, 2.75) is 45.1 Å². The number of hydrogen-bond donors (Lipinski definition) is 2. The number of benzene rings is 1. The molecule has 154 valence electrons. The van der Waals surface area contributed by atoms with Crippen LogP contribution in [0.2, 0.25) is 5.02 Å². The zero-order chi connectivity index (χ0) is 20.3. The predicted molar refractivity (Wildman–Crippen MR) is 108 cm³/mol. The molecule has 0 bridgehead atoms. The molecule has 0 aromatic heterocycles. The molecule has 0 spiro atoms. The highest BCUT2D eigenvalue weighted by Gasteiger charge is 2.40. The number of piperidine rings is 1. The van der Waals surface area contributed by atoms with E-state index in [1.54, 1.807) is 0 Å². The van der Waals surface area contributed by atoms with Crippen LogP contribution in [0, 0.1) is 17.7 Å². The number of nitrogens with one attached hydrogen (secondary N) is 2. The van der Waals surface area contributed by atoms with Crippen LogP contribution in [-0.2, 0) is 4.79 Å². The zero-order valence-corrected chi connectivity index (χ0v) is 17.3. The van der Waals surface area contributed by atoms with Crippen LogP contribution in [0.15, 0.2) is 18.2 Å². The molecule has 1 saturated carbocycles. The SMILES string of the molecule is CC1CCC1(C)NC(=O)CN1CCC(CNC(=O)c2cc(F)cc(Cl)c2)CC1. The molecule has 1 heterocycles. The molecular weight excluding hydrogens is 381 g/mol. The van der Waals surface area contributed by atoms with Crippen molar-refractivity contribution in [3.63, 3.8) is 0 Å². The van der Waals surface area contributed by atoms with Crippen molar-refractivity contribution in [2.75, 3.05) is 26.2 Å². The second kappa shape index (κ2) is 8.78. The largest absolute Gasteiger partial charge is 0.352 e. The summed E-state index contributed by atoms with van der Waals surface area (Å²) in [4.78, 5) is 26.7. The quantitative estimate of drug-likeness (QED) is 0.758. The fraction of sp³-hybridized carbons (Fsp3) is 0.619. The van der Waals surface area contributed by atoms with Gasteiger partial charge in [-0.15, -0.1) is 0 Å². The molecule has 2 aliphatic rings. The molecule has 2 fully saturated rings. The normalized spacial score (nSPS) is 25.8. The fourth-order valence-corrected chi connectivity index (χ4v) is 4.21. The number of nitrogens with zero attached hydrogens (tertiary/aromatic N) is 1. The van der Waals surface area contributed by atoms with Gasteiger partial charge in [-0.3, -0.25) is 14.5 Å². The first-order valence-corrected chi connectivity index (χ1v) is 10.4. The number of rotatable bonds is 6. The van der Waals surface area contributed by atoms with E-state index in [4.69, 9.17) is 11.6 Å². The van der Waals surface area contributed by atoms with E-state index in [9.17, 15) is 14.0 Å². The Morgan fingerprint density at radius 1 is 1.25 bits per heavy atom. The van der Waals surface area contributed by atoms with E-state index in [2.05, 4.69) is 29.4 Å². The van der Waals surface area contributed by atoms with Gasteiger partial charge in [-0.05, 0) is 75.7 Å². The monoisotopic (exact) mass is 409 g/mol. The summed E-state index contributed by atoms with van der Waals surface area (Å²) >= 11 is 5.80.